The molecule has 1 fully saturated rings. The van der Waals surface area contributed by atoms with Gasteiger partial charge < -0.3 is 19.1 Å². The van der Waals surface area contributed by atoms with Crippen molar-refractivity contribution in [2.45, 2.75) is 18.9 Å². The van der Waals surface area contributed by atoms with Crippen molar-refractivity contribution in [1.29, 1.82) is 0 Å². The van der Waals surface area contributed by atoms with Gasteiger partial charge in [0.15, 0.2) is 5.76 Å². The highest BCUT2D eigenvalue weighted by Gasteiger charge is 2.31. The third-order valence-electron chi connectivity index (χ3n) is 4.08. The number of para-hydroxylation sites is 1. The molecule has 1 aliphatic carbocycles. The predicted octanol–water partition coefficient (Wildman–Crippen LogP) is 2.44. The molecule has 0 N–H and O–H groups in total. The summed E-state index contributed by atoms with van der Waals surface area (Å²) in [5.74, 6) is 1.70. The maximum atomic E-state index is 11.0. The maximum Gasteiger partial charge on any atom is 0.232 e. The number of ether oxygens (including phenoxy) is 2. The summed E-state index contributed by atoms with van der Waals surface area (Å²) in [5.41, 5.74) is 0.449. The molecule has 2 aromatic heterocycles. The van der Waals surface area contributed by atoms with Crippen LogP contribution >= 0.6 is 0 Å². The molecule has 3 aromatic rings. The van der Waals surface area contributed by atoms with Gasteiger partial charge in [-0.15, -0.1) is 0 Å². The van der Waals surface area contributed by atoms with Gasteiger partial charge in [0, 0.05) is 11.9 Å². The van der Waals surface area contributed by atoms with Gasteiger partial charge in [-0.25, -0.2) is 9.97 Å². The third-order valence-corrected chi connectivity index (χ3v) is 4.08. The number of nitrogens with zero attached hydrogens (tertiary/aromatic N) is 3. The zero-order chi connectivity index (χ0) is 17.1. The van der Waals surface area contributed by atoms with Crippen LogP contribution in [-0.4, -0.2) is 27.8 Å². The molecule has 0 saturated heterocycles. The summed E-state index contributed by atoms with van der Waals surface area (Å²) < 4.78 is 16.4. The van der Waals surface area contributed by atoms with E-state index in [1.807, 2.05) is 30.3 Å². The molecule has 0 amide bonds. The molecular formula is C18H16N3O4-. The first-order valence-corrected chi connectivity index (χ1v) is 8.07. The Labute approximate surface area is 144 Å². The van der Waals surface area contributed by atoms with Crippen molar-refractivity contribution < 1.29 is 19.1 Å². The largest absolute Gasteiger partial charge is 0.856 e. The number of hydrogen-bond acceptors (Lipinski definition) is 7. The average Bonchev–Trinajstić information content (AvgIpc) is 3.05. The lowest BCUT2D eigenvalue weighted by atomic mass is 9.83. The van der Waals surface area contributed by atoms with E-state index < -0.39 is 5.88 Å². The van der Waals surface area contributed by atoms with Crippen LogP contribution < -0.4 is 14.6 Å². The maximum absolute atomic E-state index is 11.0. The summed E-state index contributed by atoms with van der Waals surface area (Å²) in [7, 11) is 0. The van der Waals surface area contributed by atoms with Gasteiger partial charge >= 0.3 is 0 Å². The van der Waals surface area contributed by atoms with Gasteiger partial charge in [0.05, 0.1) is 19.0 Å². The van der Waals surface area contributed by atoms with Gasteiger partial charge in [-0.2, -0.15) is 0 Å². The number of benzene rings is 1. The molecule has 0 spiro atoms. The minimum atomic E-state index is -0.435. The molecule has 7 heteroatoms. The summed E-state index contributed by atoms with van der Waals surface area (Å²) in [4.78, 5) is 8.38. The molecule has 7 nitrogen and oxygen atoms in total. The van der Waals surface area contributed by atoms with Crippen LogP contribution in [0.5, 0.6) is 17.5 Å². The monoisotopic (exact) mass is 338 g/mol. The van der Waals surface area contributed by atoms with Gasteiger partial charge in [0.1, 0.15) is 17.5 Å². The number of rotatable bonds is 6. The Morgan fingerprint density at radius 2 is 1.96 bits per heavy atom. The van der Waals surface area contributed by atoms with E-state index in [9.17, 15) is 5.11 Å². The molecule has 0 atom stereocenters. The van der Waals surface area contributed by atoms with Crippen LogP contribution in [0.25, 0.3) is 11.5 Å². The molecule has 0 bridgehead atoms. The quantitative estimate of drug-likeness (QED) is 0.681. The summed E-state index contributed by atoms with van der Waals surface area (Å²) in [6, 6.07) is 11.1. The van der Waals surface area contributed by atoms with Crippen molar-refractivity contribution in [2.75, 3.05) is 6.61 Å². The van der Waals surface area contributed by atoms with Gasteiger partial charge in [0.25, 0.3) is 0 Å². The van der Waals surface area contributed by atoms with Gasteiger partial charge in [-0.1, -0.05) is 23.4 Å². The van der Waals surface area contributed by atoms with E-state index in [1.165, 1.54) is 18.5 Å². The molecule has 1 aromatic carbocycles. The highest BCUT2D eigenvalue weighted by Crippen LogP contribution is 2.31. The molecular weight excluding hydrogens is 322 g/mol. The SMILES string of the molecule is [O-]c1cc(-c2cnc(OC3CC(COc4ccccc4)C3)cn2)on1. The van der Waals surface area contributed by atoms with E-state index in [1.54, 1.807) is 0 Å². The molecule has 1 saturated carbocycles. The Morgan fingerprint density at radius 1 is 1.12 bits per heavy atom. The topological polar surface area (TPSA) is 93.3 Å². The van der Waals surface area contributed by atoms with Gasteiger partial charge in [-0.3, -0.25) is 0 Å². The normalized spacial score (nSPS) is 19.2. The average molecular weight is 338 g/mol. The Balaban J connectivity index is 1.24. The van der Waals surface area contributed by atoms with E-state index in [4.69, 9.17) is 14.0 Å². The fraction of sp³-hybridized carbons (Fsp3) is 0.278. The van der Waals surface area contributed by atoms with Crippen LogP contribution in [0.15, 0.2) is 53.3 Å². The molecule has 2 heterocycles. The predicted molar refractivity (Wildman–Crippen MR) is 86.1 cm³/mol. The lowest BCUT2D eigenvalue weighted by Crippen LogP contribution is -2.37. The van der Waals surface area contributed by atoms with E-state index in [0.29, 0.717) is 29.9 Å². The first kappa shape index (κ1) is 15.4. The highest BCUT2D eigenvalue weighted by molar-refractivity contribution is 5.51. The summed E-state index contributed by atoms with van der Waals surface area (Å²) in [6.07, 6.45) is 5.01. The van der Waals surface area contributed by atoms with Crippen molar-refractivity contribution in [3.8, 4) is 29.0 Å². The number of aromatic nitrogens is 3. The zero-order valence-corrected chi connectivity index (χ0v) is 13.4. The van der Waals surface area contributed by atoms with Crippen molar-refractivity contribution in [3.05, 3.63) is 48.8 Å². The van der Waals surface area contributed by atoms with Crippen molar-refractivity contribution in [3.63, 3.8) is 0 Å². The first-order valence-electron chi connectivity index (χ1n) is 8.07. The second kappa shape index (κ2) is 6.80. The van der Waals surface area contributed by atoms with Crippen molar-refractivity contribution in [2.24, 2.45) is 5.92 Å². The van der Waals surface area contributed by atoms with Crippen LogP contribution in [0.2, 0.25) is 0 Å². The fourth-order valence-corrected chi connectivity index (χ4v) is 2.69. The molecule has 0 radical (unpaired) electrons. The van der Waals surface area contributed by atoms with Crippen molar-refractivity contribution in [1.82, 2.24) is 15.1 Å². The Hall–Kier alpha value is -3.09. The standard InChI is InChI=1S/C18H17N3O4/c22-17-8-16(25-21-17)15-9-20-18(10-19-15)24-14-6-12(7-14)11-23-13-4-2-1-3-5-13/h1-5,8-10,12,14H,6-7,11H2,(H,21,22)/p-1. The van der Waals surface area contributed by atoms with Crippen LogP contribution in [-0.2, 0) is 0 Å². The lowest BCUT2D eigenvalue weighted by Gasteiger charge is -2.34. The van der Waals surface area contributed by atoms with Crippen LogP contribution in [0.3, 0.4) is 0 Å². The molecule has 0 unspecified atom stereocenters. The Morgan fingerprint density at radius 3 is 2.64 bits per heavy atom. The summed E-state index contributed by atoms with van der Waals surface area (Å²) in [5, 5.41) is 14.3. The smallest absolute Gasteiger partial charge is 0.232 e. The first-order chi connectivity index (χ1) is 12.3. The zero-order valence-electron chi connectivity index (χ0n) is 13.4. The molecule has 25 heavy (non-hydrogen) atoms. The van der Waals surface area contributed by atoms with Gasteiger partial charge in [-0.05, 0) is 30.9 Å². The van der Waals surface area contributed by atoms with Gasteiger partial charge in [0.2, 0.25) is 5.88 Å². The fourth-order valence-electron chi connectivity index (χ4n) is 2.69. The summed E-state index contributed by atoms with van der Waals surface area (Å²) >= 11 is 0. The van der Waals surface area contributed by atoms with Crippen LogP contribution in [0.1, 0.15) is 12.8 Å². The third kappa shape index (κ3) is 3.71. The van der Waals surface area contributed by atoms with Crippen LogP contribution in [0, 0.1) is 5.92 Å². The molecule has 128 valence electrons. The molecule has 4 rings (SSSR count). The summed E-state index contributed by atoms with van der Waals surface area (Å²) in [6.45, 7) is 0.692. The lowest BCUT2D eigenvalue weighted by molar-refractivity contribution is -0.277. The second-order valence-electron chi connectivity index (χ2n) is 5.97. The Kier molecular flexibility index (Phi) is 4.20. The minimum Gasteiger partial charge on any atom is -0.856 e. The van der Waals surface area contributed by atoms with E-state index in [0.717, 1.165) is 18.6 Å². The van der Waals surface area contributed by atoms with E-state index in [2.05, 4.69) is 15.1 Å². The molecule has 1 aliphatic rings. The van der Waals surface area contributed by atoms with Crippen LogP contribution in [0.4, 0.5) is 0 Å². The minimum absolute atomic E-state index is 0.128. The molecule has 0 aliphatic heterocycles. The van der Waals surface area contributed by atoms with Crippen molar-refractivity contribution >= 4 is 0 Å². The Bertz CT molecular complexity index is 814. The van der Waals surface area contributed by atoms with E-state index >= 15 is 0 Å². The second-order valence-corrected chi connectivity index (χ2v) is 5.97. The highest BCUT2D eigenvalue weighted by atomic mass is 16.5. The van der Waals surface area contributed by atoms with E-state index in [-0.39, 0.29) is 6.10 Å². The number of hydrogen-bond donors (Lipinski definition) is 0.